The predicted octanol–water partition coefficient (Wildman–Crippen LogP) is 2.05. The molecule has 0 spiro atoms. The summed E-state index contributed by atoms with van der Waals surface area (Å²) in [5, 5.41) is 9.97. The summed E-state index contributed by atoms with van der Waals surface area (Å²) in [4.78, 5) is 10.6. The highest BCUT2D eigenvalue weighted by atomic mass is 16.6. The lowest BCUT2D eigenvalue weighted by Gasteiger charge is -2.07. The number of esters is 1. The first kappa shape index (κ1) is 13.1. The highest BCUT2D eigenvalue weighted by molar-refractivity contribution is 5.86. The monoisotopic (exact) mass is 258 g/mol. The third-order valence-corrected chi connectivity index (χ3v) is 2.67. The van der Waals surface area contributed by atoms with Crippen molar-refractivity contribution in [3.63, 3.8) is 0 Å². The molecule has 5 nitrogen and oxygen atoms in total. The number of benzene rings is 1. The molecular weight excluding hydrogens is 244 g/mol. The predicted molar refractivity (Wildman–Crippen MR) is 69.2 cm³/mol. The number of ether oxygens (including phenoxy) is 2. The second kappa shape index (κ2) is 6.03. The fourth-order valence-corrected chi connectivity index (χ4v) is 1.85. The van der Waals surface area contributed by atoms with Gasteiger partial charge in [-0.15, -0.1) is 0 Å². The smallest absolute Gasteiger partial charge is 0.302 e. The summed E-state index contributed by atoms with van der Waals surface area (Å²) in [6.07, 6.45) is 1.76. The van der Waals surface area contributed by atoms with Crippen LogP contribution in [-0.4, -0.2) is 23.8 Å². The third kappa shape index (κ3) is 3.12. The second-order valence-corrected chi connectivity index (χ2v) is 4.02. The van der Waals surface area contributed by atoms with Crippen molar-refractivity contribution in [2.45, 2.75) is 13.7 Å². The van der Waals surface area contributed by atoms with Crippen LogP contribution in [0.3, 0.4) is 0 Å². The van der Waals surface area contributed by atoms with Gasteiger partial charge in [-0.2, -0.15) is 5.26 Å². The number of carbonyl (C=O) groups excluding carboxylic acids is 1. The summed E-state index contributed by atoms with van der Waals surface area (Å²) in [6.45, 7) is 2.25. The van der Waals surface area contributed by atoms with Gasteiger partial charge >= 0.3 is 5.97 Å². The number of hydrogen-bond acceptors (Lipinski definition) is 4. The Morgan fingerprint density at radius 2 is 2.16 bits per heavy atom. The molecule has 1 aromatic heterocycles. The molecule has 0 amide bonds. The number of nitrogens with zero attached hydrogens (tertiary/aromatic N) is 2. The minimum atomic E-state index is -0.318. The molecule has 2 rings (SSSR count). The van der Waals surface area contributed by atoms with E-state index >= 15 is 0 Å². The first-order chi connectivity index (χ1) is 9.22. The normalized spacial score (nSPS) is 10.3. The minimum Gasteiger partial charge on any atom is -0.463 e. The van der Waals surface area contributed by atoms with E-state index in [1.165, 1.54) is 6.92 Å². The zero-order valence-corrected chi connectivity index (χ0v) is 10.6. The van der Waals surface area contributed by atoms with Gasteiger partial charge in [0.15, 0.2) is 0 Å². The molecule has 19 heavy (non-hydrogen) atoms. The van der Waals surface area contributed by atoms with Gasteiger partial charge in [0.05, 0.1) is 17.7 Å². The van der Waals surface area contributed by atoms with Crippen LogP contribution in [0, 0.1) is 11.3 Å². The van der Waals surface area contributed by atoms with Gasteiger partial charge in [0.1, 0.15) is 19.4 Å². The molecule has 0 fully saturated rings. The number of fused-ring (bicyclic) bond motifs is 1. The van der Waals surface area contributed by atoms with Crippen LogP contribution in [0.2, 0.25) is 0 Å². The number of hydrogen-bond donors (Lipinski definition) is 0. The van der Waals surface area contributed by atoms with Gasteiger partial charge in [-0.1, -0.05) is 18.2 Å². The molecule has 1 aromatic carbocycles. The lowest BCUT2D eigenvalue weighted by Crippen LogP contribution is -2.09. The van der Waals surface area contributed by atoms with Crippen molar-refractivity contribution in [1.29, 1.82) is 5.26 Å². The molecule has 0 aliphatic rings. The Morgan fingerprint density at radius 1 is 1.37 bits per heavy atom. The van der Waals surface area contributed by atoms with Crippen LogP contribution >= 0.6 is 0 Å². The van der Waals surface area contributed by atoms with Crippen LogP contribution in [0.1, 0.15) is 12.5 Å². The van der Waals surface area contributed by atoms with Crippen LogP contribution < -0.4 is 0 Å². The van der Waals surface area contributed by atoms with Crippen molar-refractivity contribution < 1.29 is 14.3 Å². The summed E-state index contributed by atoms with van der Waals surface area (Å²) in [7, 11) is 0. The van der Waals surface area contributed by atoms with E-state index in [-0.39, 0.29) is 12.6 Å². The molecule has 0 aliphatic heterocycles. The zero-order valence-electron chi connectivity index (χ0n) is 10.6. The second-order valence-electron chi connectivity index (χ2n) is 4.02. The SMILES string of the molecule is CC(=O)OCCOCn1cc(C#N)c2ccccc21. The van der Waals surface area contributed by atoms with Crippen molar-refractivity contribution in [3.05, 3.63) is 36.0 Å². The minimum absolute atomic E-state index is 0.236. The molecular formula is C14H14N2O3. The fraction of sp³-hybridized carbons (Fsp3) is 0.286. The Morgan fingerprint density at radius 3 is 2.89 bits per heavy atom. The zero-order chi connectivity index (χ0) is 13.7. The molecule has 0 saturated carbocycles. The number of aromatic nitrogens is 1. The topological polar surface area (TPSA) is 64.2 Å². The van der Waals surface area contributed by atoms with E-state index in [0.29, 0.717) is 18.9 Å². The number of nitriles is 1. The number of para-hydroxylation sites is 1. The highest BCUT2D eigenvalue weighted by Gasteiger charge is 2.06. The van der Waals surface area contributed by atoms with Crippen molar-refractivity contribution in [3.8, 4) is 6.07 Å². The third-order valence-electron chi connectivity index (χ3n) is 2.67. The van der Waals surface area contributed by atoms with Gasteiger partial charge in [0.25, 0.3) is 0 Å². The molecule has 98 valence electrons. The molecule has 0 unspecified atom stereocenters. The Hall–Kier alpha value is -2.32. The molecule has 0 bridgehead atoms. The molecule has 0 aliphatic carbocycles. The van der Waals surface area contributed by atoms with Gasteiger partial charge in [0, 0.05) is 18.5 Å². The first-order valence-electron chi connectivity index (χ1n) is 5.91. The van der Waals surface area contributed by atoms with E-state index in [0.717, 1.165) is 10.9 Å². The molecule has 5 heteroatoms. The Kier molecular flexibility index (Phi) is 4.16. The van der Waals surface area contributed by atoms with Crippen LogP contribution in [0.15, 0.2) is 30.5 Å². The van der Waals surface area contributed by atoms with Crippen molar-refractivity contribution >= 4 is 16.9 Å². The fourth-order valence-electron chi connectivity index (χ4n) is 1.85. The average molecular weight is 258 g/mol. The molecule has 0 N–H and O–H groups in total. The lowest BCUT2D eigenvalue weighted by atomic mass is 10.2. The maximum Gasteiger partial charge on any atom is 0.302 e. The van der Waals surface area contributed by atoms with Crippen molar-refractivity contribution in [1.82, 2.24) is 4.57 Å². The Balaban J connectivity index is 2.01. The van der Waals surface area contributed by atoms with Crippen LogP contribution in [0.5, 0.6) is 0 Å². The molecule has 0 atom stereocenters. The standard InChI is InChI=1S/C14H14N2O3/c1-11(17)19-7-6-18-10-16-9-12(8-15)13-4-2-3-5-14(13)16/h2-5,9H,6-7,10H2,1H3. The van der Waals surface area contributed by atoms with Crippen LogP contribution in [0.4, 0.5) is 0 Å². The number of carbonyl (C=O) groups is 1. The largest absolute Gasteiger partial charge is 0.463 e. The van der Waals surface area contributed by atoms with Crippen LogP contribution in [0.25, 0.3) is 10.9 Å². The maximum atomic E-state index is 10.6. The van der Waals surface area contributed by atoms with Gasteiger partial charge in [-0.3, -0.25) is 4.79 Å². The maximum absolute atomic E-state index is 10.6. The lowest BCUT2D eigenvalue weighted by molar-refractivity contribution is -0.142. The average Bonchev–Trinajstić information content (AvgIpc) is 2.76. The Labute approximate surface area is 111 Å². The molecule has 2 aromatic rings. The Bertz CT molecular complexity index is 625. The summed E-state index contributed by atoms with van der Waals surface area (Å²) >= 11 is 0. The van der Waals surface area contributed by atoms with E-state index in [1.807, 2.05) is 28.8 Å². The quantitative estimate of drug-likeness (QED) is 0.608. The summed E-state index contributed by atoms with van der Waals surface area (Å²) in [6, 6.07) is 9.82. The summed E-state index contributed by atoms with van der Waals surface area (Å²) in [5.41, 5.74) is 1.57. The molecule has 1 heterocycles. The van der Waals surface area contributed by atoms with E-state index in [4.69, 9.17) is 14.7 Å². The van der Waals surface area contributed by atoms with E-state index in [1.54, 1.807) is 6.20 Å². The van der Waals surface area contributed by atoms with Crippen molar-refractivity contribution in [2.75, 3.05) is 13.2 Å². The van der Waals surface area contributed by atoms with E-state index in [9.17, 15) is 4.79 Å². The summed E-state index contributed by atoms with van der Waals surface area (Å²) in [5.74, 6) is -0.318. The van der Waals surface area contributed by atoms with E-state index < -0.39 is 0 Å². The van der Waals surface area contributed by atoms with Gasteiger partial charge in [0.2, 0.25) is 0 Å². The first-order valence-corrected chi connectivity index (χ1v) is 5.91. The summed E-state index contributed by atoms with van der Waals surface area (Å²) < 4.78 is 12.0. The van der Waals surface area contributed by atoms with Gasteiger partial charge in [-0.05, 0) is 6.07 Å². The molecule has 0 saturated heterocycles. The molecule has 0 radical (unpaired) electrons. The van der Waals surface area contributed by atoms with Gasteiger partial charge in [-0.25, -0.2) is 0 Å². The van der Waals surface area contributed by atoms with E-state index in [2.05, 4.69) is 6.07 Å². The van der Waals surface area contributed by atoms with Crippen LogP contribution in [-0.2, 0) is 21.0 Å². The van der Waals surface area contributed by atoms with Gasteiger partial charge < -0.3 is 14.0 Å². The number of rotatable bonds is 5. The highest BCUT2D eigenvalue weighted by Crippen LogP contribution is 2.20. The van der Waals surface area contributed by atoms with Crippen molar-refractivity contribution in [2.24, 2.45) is 0 Å².